The molecule has 0 atom stereocenters. The normalized spacial score (nSPS) is 11.2. The molecule has 0 unspecified atom stereocenters. The highest BCUT2D eigenvalue weighted by Gasteiger charge is 2.06. The third kappa shape index (κ3) is 9.62. The van der Waals surface area contributed by atoms with E-state index in [0.717, 1.165) is 39.1 Å². The lowest BCUT2D eigenvalue weighted by Crippen LogP contribution is -2.21. The average molecular weight is 293 g/mol. The van der Waals surface area contributed by atoms with Crippen LogP contribution in [0.25, 0.3) is 0 Å². The molecular formula is C18H31NO2. The molecule has 120 valence electrons. The van der Waals surface area contributed by atoms with Gasteiger partial charge in [0.1, 0.15) is 0 Å². The predicted octanol–water partition coefficient (Wildman–Crippen LogP) is 3.78. The average Bonchev–Trinajstić information content (AvgIpc) is 2.51. The fourth-order valence-electron chi connectivity index (χ4n) is 2.33. The Hall–Kier alpha value is -0.900. The van der Waals surface area contributed by atoms with Gasteiger partial charge in [0.05, 0.1) is 0 Å². The van der Waals surface area contributed by atoms with E-state index in [-0.39, 0.29) is 6.29 Å². The number of unbranched alkanes of at least 4 members (excludes halogenated alkanes) is 1. The molecule has 1 N–H and O–H groups in total. The van der Waals surface area contributed by atoms with Crippen LogP contribution in [0, 0.1) is 0 Å². The van der Waals surface area contributed by atoms with Crippen LogP contribution in [0.5, 0.6) is 0 Å². The lowest BCUT2D eigenvalue weighted by Gasteiger charge is -2.16. The summed E-state index contributed by atoms with van der Waals surface area (Å²) in [4.78, 5) is 0. The van der Waals surface area contributed by atoms with Gasteiger partial charge in [-0.3, -0.25) is 0 Å². The van der Waals surface area contributed by atoms with E-state index in [2.05, 4.69) is 35.6 Å². The number of rotatable bonds is 13. The number of aryl methyl sites for hydroxylation is 1. The zero-order chi connectivity index (χ0) is 15.2. The van der Waals surface area contributed by atoms with Crippen molar-refractivity contribution in [2.75, 3.05) is 26.3 Å². The van der Waals surface area contributed by atoms with Crippen molar-refractivity contribution < 1.29 is 9.47 Å². The van der Waals surface area contributed by atoms with Crippen molar-refractivity contribution in [1.29, 1.82) is 0 Å². The molecule has 3 heteroatoms. The van der Waals surface area contributed by atoms with E-state index in [1.54, 1.807) is 0 Å². The zero-order valence-corrected chi connectivity index (χ0v) is 13.6. The van der Waals surface area contributed by atoms with Crippen molar-refractivity contribution in [2.24, 2.45) is 0 Å². The molecule has 0 aromatic heterocycles. The Bertz CT molecular complexity index is 323. The van der Waals surface area contributed by atoms with Crippen LogP contribution >= 0.6 is 0 Å². The summed E-state index contributed by atoms with van der Waals surface area (Å²) in [5.74, 6) is 0. The highest BCUT2D eigenvalue weighted by atomic mass is 16.7. The number of hydrogen-bond donors (Lipinski definition) is 1. The van der Waals surface area contributed by atoms with Gasteiger partial charge in [-0.1, -0.05) is 30.3 Å². The Labute approximate surface area is 130 Å². The van der Waals surface area contributed by atoms with Crippen molar-refractivity contribution >= 4 is 0 Å². The molecule has 0 aliphatic rings. The first-order valence-electron chi connectivity index (χ1n) is 8.34. The van der Waals surface area contributed by atoms with Crippen LogP contribution in [-0.2, 0) is 15.9 Å². The van der Waals surface area contributed by atoms with Crippen molar-refractivity contribution in [2.45, 2.75) is 52.2 Å². The van der Waals surface area contributed by atoms with Crippen LogP contribution in [0.15, 0.2) is 30.3 Å². The molecule has 1 aromatic rings. The number of nitrogens with one attached hydrogen (secondary N) is 1. The lowest BCUT2D eigenvalue weighted by atomic mass is 10.1. The molecule has 0 radical (unpaired) electrons. The standard InChI is InChI=1S/C18H31NO2/c1-3-20-18(21-4-2)14-10-16-19-15-9-8-13-17-11-6-5-7-12-17/h5-7,11-12,18-19H,3-4,8-10,13-16H2,1-2H3. The van der Waals surface area contributed by atoms with Gasteiger partial charge in [0.25, 0.3) is 0 Å². The van der Waals surface area contributed by atoms with E-state index < -0.39 is 0 Å². The minimum atomic E-state index is -0.0279. The SMILES string of the molecule is CCOC(CCCNCCCCc1ccccc1)OCC. The second-order valence-electron chi connectivity index (χ2n) is 5.18. The Balaban J connectivity index is 1.92. The quantitative estimate of drug-likeness (QED) is 0.443. The van der Waals surface area contributed by atoms with Crippen molar-refractivity contribution in [1.82, 2.24) is 5.32 Å². The van der Waals surface area contributed by atoms with E-state index in [1.807, 2.05) is 13.8 Å². The van der Waals surface area contributed by atoms with Crippen LogP contribution in [0.3, 0.4) is 0 Å². The van der Waals surface area contributed by atoms with Crippen molar-refractivity contribution in [3.8, 4) is 0 Å². The van der Waals surface area contributed by atoms with Gasteiger partial charge in [-0.2, -0.15) is 0 Å². The fourth-order valence-corrected chi connectivity index (χ4v) is 2.33. The Morgan fingerprint density at radius 3 is 2.24 bits per heavy atom. The summed E-state index contributed by atoms with van der Waals surface area (Å²) in [6.45, 7) is 7.60. The summed E-state index contributed by atoms with van der Waals surface area (Å²) >= 11 is 0. The maximum absolute atomic E-state index is 5.53. The van der Waals surface area contributed by atoms with Crippen molar-refractivity contribution in [3.05, 3.63) is 35.9 Å². The Morgan fingerprint density at radius 1 is 0.905 bits per heavy atom. The third-order valence-electron chi connectivity index (χ3n) is 3.41. The van der Waals surface area contributed by atoms with Crippen LogP contribution in [0.4, 0.5) is 0 Å². The number of benzene rings is 1. The van der Waals surface area contributed by atoms with Gasteiger partial charge in [-0.05, 0) is 64.6 Å². The molecule has 1 rings (SSSR count). The van der Waals surface area contributed by atoms with Crippen LogP contribution in [-0.4, -0.2) is 32.6 Å². The van der Waals surface area contributed by atoms with E-state index in [0.29, 0.717) is 0 Å². The van der Waals surface area contributed by atoms with Gasteiger partial charge < -0.3 is 14.8 Å². The van der Waals surface area contributed by atoms with E-state index in [1.165, 1.54) is 24.8 Å². The van der Waals surface area contributed by atoms with E-state index in [9.17, 15) is 0 Å². The van der Waals surface area contributed by atoms with Gasteiger partial charge in [-0.25, -0.2) is 0 Å². The molecular weight excluding hydrogens is 262 g/mol. The minimum absolute atomic E-state index is 0.0279. The number of ether oxygens (including phenoxy) is 2. The summed E-state index contributed by atoms with van der Waals surface area (Å²) in [5, 5.41) is 3.50. The predicted molar refractivity (Wildman–Crippen MR) is 88.5 cm³/mol. The van der Waals surface area contributed by atoms with Gasteiger partial charge in [0.2, 0.25) is 0 Å². The van der Waals surface area contributed by atoms with Crippen LogP contribution in [0.2, 0.25) is 0 Å². The molecule has 1 aromatic carbocycles. The first kappa shape index (κ1) is 18.1. The summed E-state index contributed by atoms with van der Waals surface area (Å²) in [6.07, 6.45) is 5.70. The summed E-state index contributed by atoms with van der Waals surface area (Å²) in [6, 6.07) is 10.7. The van der Waals surface area contributed by atoms with Crippen LogP contribution in [0.1, 0.15) is 45.1 Å². The third-order valence-corrected chi connectivity index (χ3v) is 3.41. The maximum Gasteiger partial charge on any atom is 0.157 e. The number of hydrogen-bond acceptors (Lipinski definition) is 3. The highest BCUT2D eigenvalue weighted by Crippen LogP contribution is 2.05. The molecule has 0 aliphatic heterocycles. The summed E-state index contributed by atoms with van der Waals surface area (Å²) in [5.41, 5.74) is 1.44. The molecule has 0 fully saturated rings. The molecule has 21 heavy (non-hydrogen) atoms. The smallest absolute Gasteiger partial charge is 0.157 e. The molecule has 0 saturated carbocycles. The second-order valence-corrected chi connectivity index (χ2v) is 5.18. The van der Waals surface area contributed by atoms with Gasteiger partial charge in [0, 0.05) is 13.2 Å². The molecule has 0 saturated heterocycles. The molecule has 0 bridgehead atoms. The highest BCUT2D eigenvalue weighted by molar-refractivity contribution is 5.14. The largest absolute Gasteiger partial charge is 0.353 e. The van der Waals surface area contributed by atoms with E-state index in [4.69, 9.17) is 9.47 Å². The van der Waals surface area contributed by atoms with Gasteiger partial charge in [0.15, 0.2) is 6.29 Å². The molecule has 0 aliphatic carbocycles. The molecule has 3 nitrogen and oxygen atoms in total. The Kier molecular flexibility index (Phi) is 11.1. The first-order valence-corrected chi connectivity index (χ1v) is 8.34. The fraction of sp³-hybridized carbons (Fsp3) is 0.667. The van der Waals surface area contributed by atoms with Gasteiger partial charge >= 0.3 is 0 Å². The molecule has 0 spiro atoms. The second kappa shape index (κ2) is 12.8. The first-order chi connectivity index (χ1) is 10.4. The Morgan fingerprint density at radius 2 is 1.57 bits per heavy atom. The summed E-state index contributed by atoms with van der Waals surface area (Å²) in [7, 11) is 0. The minimum Gasteiger partial charge on any atom is -0.353 e. The monoisotopic (exact) mass is 293 g/mol. The van der Waals surface area contributed by atoms with Crippen molar-refractivity contribution in [3.63, 3.8) is 0 Å². The van der Waals surface area contributed by atoms with Crippen LogP contribution < -0.4 is 5.32 Å². The summed E-state index contributed by atoms with van der Waals surface area (Å²) < 4.78 is 11.1. The van der Waals surface area contributed by atoms with E-state index >= 15 is 0 Å². The zero-order valence-electron chi connectivity index (χ0n) is 13.6. The molecule has 0 amide bonds. The van der Waals surface area contributed by atoms with Gasteiger partial charge in [-0.15, -0.1) is 0 Å². The lowest BCUT2D eigenvalue weighted by molar-refractivity contribution is -0.139. The topological polar surface area (TPSA) is 30.5 Å². The molecule has 0 heterocycles. The maximum atomic E-state index is 5.53.